The van der Waals surface area contributed by atoms with Crippen molar-refractivity contribution >= 4 is 29.1 Å². The van der Waals surface area contributed by atoms with Crippen LogP contribution in [0.3, 0.4) is 0 Å². The molecule has 0 unspecified atom stereocenters. The monoisotopic (exact) mass is 493 g/mol. The van der Waals surface area contributed by atoms with Gasteiger partial charge in [0.1, 0.15) is 5.75 Å². The summed E-state index contributed by atoms with van der Waals surface area (Å²) in [5.41, 5.74) is 1.54. The Morgan fingerprint density at radius 2 is 1.94 bits per heavy atom. The predicted molar refractivity (Wildman–Crippen MR) is 131 cm³/mol. The molecule has 1 aromatic heterocycles. The Morgan fingerprint density at radius 3 is 2.60 bits per heavy atom. The molecule has 9 nitrogen and oxygen atoms in total. The van der Waals surface area contributed by atoms with Crippen molar-refractivity contribution in [1.29, 1.82) is 0 Å². The normalized spacial score (nSPS) is 15.4. The number of allylic oxidation sites excluding steroid dienone is 1. The summed E-state index contributed by atoms with van der Waals surface area (Å²) in [4.78, 5) is 42.1. The summed E-state index contributed by atoms with van der Waals surface area (Å²) in [7, 11) is 0. The highest BCUT2D eigenvalue weighted by Gasteiger charge is 2.33. The minimum Gasteiger partial charge on any atom is -0.494 e. The van der Waals surface area contributed by atoms with Crippen LogP contribution in [0.25, 0.3) is 6.08 Å². The maximum atomic E-state index is 13.6. The second-order valence-corrected chi connectivity index (χ2v) is 8.67. The zero-order chi connectivity index (χ0) is 25.1. The van der Waals surface area contributed by atoms with Crippen LogP contribution < -0.4 is 19.6 Å². The van der Waals surface area contributed by atoms with Gasteiger partial charge < -0.3 is 9.47 Å². The van der Waals surface area contributed by atoms with E-state index in [0.29, 0.717) is 38.5 Å². The van der Waals surface area contributed by atoms with Gasteiger partial charge in [-0.15, -0.1) is 0 Å². The van der Waals surface area contributed by atoms with Gasteiger partial charge in [0, 0.05) is 12.1 Å². The second-order valence-electron chi connectivity index (χ2n) is 7.66. The minimum absolute atomic E-state index is 0.0702. The largest absolute Gasteiger partial charge is 0.494 e. The van der Waals surface area contributed by atoms with E-state index in [0.717, 1.165) is 11.3 Å². The Balaban J connectivity index is 1.91. The molecular formula is C25H23N3O6S. The van der Waals surface area contributed by atoms with Gasteiger partial charge in [0.15, 0.2) is 4.80 Å². The van der Waals surface area contributed by atoms with Gasteiger partial charge in [0.05, 0.1) is 40.0 Å². The molecule has 1 atom stereocenters. The van der Waals surface area contributed by atoms with Gasteiger partial charge in [-0.3, -0.25) is 19.5 Å². The quantitative estimate of drug-likeness (QED) is 0.284. The van der Waals surface area contributed by atoms with Gasteiger partial charge in [0.2, 0.25) is 0 Å². The number of thiazole rings is 1. The van der Waals surface area contributed by atoms with Crippen molar-refractivity contribution in [2.75, 3.05) is 13.2 Å². The first-order valence-corrected chi connectivity index (χ1v) is 11.8. The van der Waals surface area contributed by atoms with Crippen molar-refractivity contribution in [1.82, 2.24) is 4.57 Å². The molecule has 0 saturated heterocycles. The average molecular weight is 494 g/mol. The number of nitro groups is 1. The van der Waals surface area contributed by atoms with Crippen LogP contribution in [0, 0.1) is 10.1 Å². The van der Waals surface area contributed by atoms with Gasteiger partial charge in [0.25, 0.3) is 11.2 Å². The third-order valence-electron chi connectivity index (χ3n) is 5.40. The number of hydrogen-bond acceptors (Lipinski definition) is 8. The summed E-state index contributed by atoms with van der Waals surface area (Å²) >= 11 is 1.16. The Hall–Kier alpha value is -4.05. The number of ether oxygens (including phenoxy) is 2. The Bertz CT molecular complexity index is 1500. The van der Waals surface area contributed by atoms with Gasteiger partial charge in [-0.2, -0.15) is 0 Å². The molecule has 0 spiro atoms. The standard InChI is InChI=1S/C25H23N3O6S/c1-4-33-19-11-9-17(10-12-19)22-21(24(30)34-5-2)15(3)26-25-27(22)23(29)20(35-25)14-16-7-6-8-18(13-16)28(31)32/h6-14,22H,4-5H2,1-3H3/b20-14-/t22-/m0/s1. The number of benzene rings is 2. The van der Waals surface area contributed by atoms with E-state index in [2.05, 4.69) is 4.99 Å². The van der Waals surface area contributed by atoms with E-state index >= 15 is 0 Å². The SMILES string of the molecule is CCOC(=O)C1=C(C)N=c2s/c(=C\c3cccc([N+](=O)[O-])c3)c(=O)n2[C@H]1c1ccc(OCC)cc1. The van der Waals surface area contributed by atoms with Crippen LogP contribution in [0.1, 0.15) is 37.9 Å². The molecule has 35 heavy (non-hydrogen) atoms. The van der Waals surface area contributed by atoms with Crippen molar-refractivity contribution in [2.24, 2.45) is 4.99 Å². The van der Waals surface area contributed by atoms with Crippen LogP contribution in [0.5, 0.6) is 5.75 Å². The molecular weight excluding hydrogens is 470 g/mol. The molecule has 180 valence electrons. The van der Waals surface area contributed by atoms with E-state index in [1.165, 1.54) is 16.7 Å². The number of nitrogens with zero attached hydrogens (tertiary/aromatic N) is 3. The van der Waals surface area contributed by atoms with Crippen LogP contribution >= 0.6 is 11.3 Å². The molecule has 0 aliphatic carbocycles. The first-order chi connectivity index (χ1) is 16.8. The van der Waals surface area contributed by atoms with Crippen molar-refractivity contribution in [2.45, 2.75) is 26.8 Å². The lowest BCUT2D eigenvalue weighted by molar-refractivity contribution is -0.384. The van der Waals surface area contributed by atoms with Crippen LogP contribution in [0.2, 0.25) is 0 Å². The second kappa shape index (κ2) is 10.1. The average Bonchev–Trinajstić information content (AvgIpc) is 3.13. The third kappa shape index (κ3) is 4.78. The predicted octanol–water partition coefficient (Wildman–Crippen LogP) is 3.11. The highest BCUT2D eigenvalue weighted by atomic mass is 32.1. The number of carbonyl (C=O) groups excluding carboxylic acids is 1. The fraction of sp³-hybridized carbons (Fsp3) is 0.240. The first-order valence-electron chi connectivity index (χ1n) is 11.0. The molecule has 1 aliphatic rings. The molecule has 0 radical (unpaired) electrons. The van der Waals surface area contributed by atoms with E-state index in [4.69, 9.17) is 9.47 Å². The number of carbonyl (C=O) groups is 1. The molecule has 4 rings (SSSR count). The first kappa shape index (κ1) is 24.1. The third-order valence-corrected chi connectivity index (χ3v) is 6.39. The smallest absolute Gasteiger partial charge is 0.338 e. The molecule has 0 amide bonds. The number of esters is 1. The number of fused-ring (bicyclic) bond motifs is 1. The van der Waals surface area contributed by atoms with Gasteiger partial charge in [-0.1, -0.05) is 35.6 Å². The van der Waals surface area contributed by atoms with Crippen molar-refractivity contribution in [3.05, 3.63) is 101 Å². The van der Waals surface area contributed by atoms with Crippen LogP contribution in [0.15, 0.2) is 69.6 Å². The summed E-state index contributed by atoms with van der Waals surface area (Å²) in [6, 6.07) is 12.5. The van der Waals surface area contributed by atoms with Crippen LogP contribution in [-0.2, 0) is 9.53 Å². The van der Waals surface area contributed by atoms with Crippen molar-refractivity contribution < 1.29 is 19.2 Å². The van der Waals surface area contributed by atoms with E-state index in [-0.39, 0.29) is 23.4 Å². The molecule has 2 aromatic carbocycles. The minimum atomic E-state index is -0.742. The number of rotatable bonds is 7. The van der Waals surface area contributed by atoms with E-state index < -0.39 is 16.9 Å². The molecule has 0 saturated carbocycles. The van der Waals surface area contributed by atoms with Gasteiger partial charge >= 0.3 is 5.97 Å². The lowest BCUT2D eigenvalue weighted by atomic mass is 9.96. The molecule has 3 aromatic rings. The van der Waals surface area contributed by atoms with E-state index in [1.54, 1.807) is 44.2 Å². The summed E-state index contributed by atoms with van der Waals surface area (Å²) in [5, 5.41) is 11.1. The Morgan fingerprint density at radius 1 is 1.20 bits per heavy atom. The number of nitro benzene ring substituents is 1. The van der Waals surface area contributed by atoms with E-state index in [9.17, 15) is 19.7 Å². The number of non-ortho nitro benzene ring substituents is 1. The Labute approximate surface area is 204 Å². The fourth-order valence-electron chi connectivity index (χ4n) is 3.90. The maximum absolute atomic E-state index is 13.6. The zero-order valence-corrected chi connectivity index (χ0v) is 20.2. The number of hydrogen-bond donors (Lipinski definition) is 0. The Kier molecular flexibility index (Phi) is 6.92. The highest BCUT2D eigenvalue weighted by molar-refractivity contribution is 7.07. The van der Waals surface area contributed by atoms with Crippen molar-refractivity contribution in [3.63, 3.8) is 0 Å². The molecule has 10 heteroatoms. The molecule has 0 N–H and O–H groups in total. The van der Waals surface area contributed by atoms with Gasteiger partial charge in [-0.25, -0.2) is 9.79 Å². The number of aromatic nitrogens is 1. The van der Waals surface area contributed by atoms with E-state index in [1.807, 2.05) is 19.1 Å². The van der Waals surface area contributed by atoms with Crippen molar-refractivity contribution in [3.8, 4) is 5.75 Å². The maximum Gasteiger partial charge on any atom is 0.338 e. The van der Waals surface area contributed by atoms with Gasteiger partial charge in [-0.05, 0) is 50.1 Å². The molecule has 2 heterocycles. The highest BCUT2D eigenvalue weighted by Crippen LogP contribution is 2.31. The fourth-order valence-corrected chi connectivity index (χ4v) is 4.95. The zero-order valence-electron chi connectivity index (χ0n) is 19.4. The lowest BCUT2D eigenvalue weighted by Gasteiger charge is -2.24. The molecule has 1 aliphatic heterocycles. The lowest BCUT2D eigenvalue weighted by Crippen LogP contribution is -2.39. The topological polar surface area (TPSA) is 113 Å². The van der Waals surface area contributed by atoms with Crippen LogP contribution in [-0.4, -0.2) is 28.7 Å². The summed E-state index contributed by atoms with van der Waals surface area (Å²) in [6.45, 7) is 6.01. The summed E-state index contributed by atoms with van der Waals surface area (Å²) in [6.07, 6.45) is 1.59. The summed E-state index contributed by atoms with van der Waals surface area (Å²) < 4.78 is 12.6. The molecule has 0 fully saturated rings. The summed E-state index contributed by atoms with van der Waals surface area (Å²) in [5.74, 6) is 0.133. The van der Waals surface area contributed by atoms with Crippen LogP contribution in [0.4, 0.5) is 5.69 Å². The molecule has 0 bridgehead atoms.